The fourth-order valence-electron chi connectivity index (χ4n) is 3.77. The third-order valence-electron chi connectivity index (χ3n) is 5.33. The lowest BCUT2D eigenvalue weighted by atomic mass is 10.1. The van der Waals surface area contributed by atoms with Crippen LogP contribution in [0.2, 0.25) is 0 Å². The van der Waals surface area contributed by atoms with E-state index in [0.717, 1.165) is 15.9 Å². The van der Waals surface area contributed by atoms with Crippen molar-refractivity contribution in [1.82, 2.24) is 24.6 Å². The van der Waals surface area contributed by atoms with Gasteiger partial charge in [-0.15, -0.1) is 0 Å². The van der Waals surface area contributed by atoms with Gasteiger partial charge in [-0.2, -0.15) is 5.10 Å². The minimum atomic E-state index is -3.03. The number of carbonyl (C=O) groups excluding carboxylic acids is 1. The molecule has 0 fully saturated rings. The largest absolute Gasteiger partial charge is 0.348 e. The highest BCUT2D eigenvalue weighted by Crippen LogP contribution is 2.32. The van der Waals surface area contributed by atoms with Crippen molar-refractivity contribution in [3.05, 3.63) is 77.4 Å². The number of aryl methyl sites for hydroxylation is 1. The van der Waals surface area contributed by atoms with Crippen LogP contribution in [0.3, 0.4) is 0 Å². The molecule has 3 heterocycles. The molecule has 4 aromatic rings. The number of amides is 1. The first kappa shape index (κ1) is 22.5. The lowest BCUT2D eigenvalue weighted by molar-refractivity contribution is -0.122. The summed E-state index contributed by atoms with van der Waals surface area (Å²) in [5, 5.41) is 6.93. The monoisotopic (exact) mass is 459 g/mol. The molecule has 0 spiro atoms. The maximum atomic E-state index is 13.5. The smallest absolute Gasteiger partial charge is 0.280 e. The second kappa shape index (κ2) is 9.05. The van der Waals surface area contributed by atoms with Gasteiger partial charge in [-0.25, -0.2) is 27.2 Å². The first-order valence-electron chi connectivity index (χ1n) is 10.2. The highest BCUT2D eigenvalue weighted by atomic mass is 19.3. The molecular formula is C23H21F4N5O. The van der Waals surface area contributed by atoms with Crippen LogP contribution < -0.4 is 5.32 Å². The number of nitrogens with zero attached hydrogens (tertiary/aromatic N) is 4. The number of hydrogen-bond acceptors (Lipinski definition) is 3. The molecule has 0 bridgehead atoms. The molecular weight excluding hydrogens is 438 g/mol. The second-order valence-corrected chi connectivity index (χ2v) is 7.65. The zero-order valence-electron chi connectivity index (χ0n) is 17.8. The van der Waals surface area contributed by atoms with E-state index >= 15 is 0 Å². The van der Waals surface area contributed by atoms with E-state index in [9.17, 15) is 22.4 Å². The minimum absolute atomic E-state index is 0.0188. The van der Waals surface area contributed by atoms with Crippen LogP contribution in [0.5, 0.6) is 0 Å². The lowest BCUT2D eigenvalue weighted by Crippen LogP contribution is -2.30. The summed E-state index contributed by atoms with van der Waals surface area (Å²) in [6.07, 6.45) is -2.20. The average Bonchev–Trinajstić information content (AvgIpc) is 3.42. The Balaban J connectivity index is 1.57. The molecule has 0 saturated carbocycles. The fraction of sp³-hybridized carbons (Fsp3) is 0.261. The predicted octanol–water partition coefficient (Wildman–Crippen LogP) is 5.28. The topological polar surface area (TPSA) is 64.7 Å². The van der Waals surface area contributed by atoms with Gasteiger partial charge in [-0.1, -0.05) is 12.1 Å². The maximum absolute atomic E-state index is 13.5. The van der Waals surface area contributed by atoms with E-state index in [2.05, 4.69) is 15.4 Å². The summed E-state index contributed by atoms with van der Waals surface area (Å²) in [4.78, 5) is 16.5. The molecule has 0 saturated heterocycles. The molecule has 1 aromatic carbocycles. The fourth-order valence-corrected chi connectivity index (χ4v) is 3.77. The van der Waals surface area contributed by atoms with E-state index in [1.54, 1.807) is 6.92 Å². The van der Waals surface area contributed by atoms with Gasteiger partial charge in [0.05, 0.1) is 17.1 Å². The molecule has 0 aliphatic rings. The quantitative estimate of drug-likeness (QED) is 0.383. The van der Waals surface area contributed by atoms with Crippen molar-refractivity contribution >= 4 is 16.9 Å². The molecule has 172 valence electrons. The van der Waals surface area contributed by atoms with Gasteiger partial charge < -0.3 is 9.88 Å². The van der Waals surface area contributed by atoms with E-state index in [0.29, 0.717) is 6.07 Å². The normalized spacial score (nSPS) is 12.6. The summed E-state index contributed by atoms with van der Waals surface area (Å²) in [5.41, 5.74) is 0.445. The molecule has 6 nitrogen and oxygen atoms in total. The molecule has 0 radical (unpaired) electrons. The Morgan fingerprint density at radius 1 is 1.06 bits per heavy atom. The number of nitrogens with one attached hydrogen (secondary N) is 1. The molecule has 0 aliphatic heterocycles. The summed E-state index contributed by atoms with van der Waals surface area (Å²) in [6.45, 7) is 2.93. The van der Waals surface area contributed by atoms with E-state index < -0.39 is 30.0 Å². The number of halogens is 4. The highest BCUT2D eigenvalue weighted by Gasteiger charge is 2.24. The Hall–Kier alpha value is -3.69. The maximum Gasteiger partial charge on any atom is 0.280 e. The first-order valence-corrected chi connectivity index (χ1v) is 10.2. The van der Waals surface area contributed by atoms with Gasteiger partial charge in [0, 0.05) is 23.6 Å². The zero-order chi connectivity index (χ0) is 23.7. The van der Waals surface area contributed by atoms with Crippen molar-refractivity contribution in [2.45, 2.75) is 39.3 Å². The highest BCUT2D eigenvalue weighted by molar-refractivity contribution is 5.85. The summed E-state index contributed by atoms with van der Waals surface area (Å²) >= 11 is 0. The molecule has 1 amide bonds. The number of benzene rings is 1. The molecule has 10 heteroatoms. The summed E-state index contributed by atoms with van der Waals surface area (Å²) in [6, 6.07) is 11.7. The number of hydrogen-bond donors (Lipinski definition) is 1. The van der Waals surface area contributed by atoms with Crippen LogP contribution in [0.15, 0.2) is 54.9 Å². The van der Waals surface area contributed by atoms with Gasteiger partial charge in [0.15, 0.2) is 5.65 Å². The van der Waals surface area contributed by atoms with E-state index in [-0.39, 0.29) is 29.3 Å². The Morgan fingerprint density at radius 2 is 1.79 bits per heavy atom. The molecule has 3 aromatic heterocycles. The molecule has 1 unspecified atom stereocenters. The average molecular weight is 459 g/mol. The number of alkyl halides is 4. The van der Waals surface area contributed by atoms with E-state index in [4.69, 9.17) is 0 Å². The van der Waals surface area contributed by atoms with Crippen molar-refractivity contribution in [2.24, 2.45) is 0 Å². The van der Waals surface area contributed by atoms with Crippen molar-refractivity contribution in [3.8, 4) is 5.69 Å². The Labute approximate surface area is 186 Å². The Bertz CT molecular complexity index is 1280. The van der Waals surface area contributed by atoms with Gasteiger partial charge in [-0.3, -0.25) is 4.79 Å². The van der Waals surface area contributed by atoms with Gasteiger partial charge in [0.2, 0.25) is 5.91 Å². The number of fused-ring (bicyclic) bond motifs is 1. The standard InChI is InChI=1S/C23H21F4N5O/c1-13(15-6-5-7-16(10-15)31-8-3-4-9-31)28-19(33)12-32-23-20(14(2)30-32)17(21(24)25)11-18(29-23)22(26)27/h3-11,13,21-22H,12H2,1-2H3,(H,28,33). The molecule has 33 heavy (non-hydrogen) atoms. The molecule has 4 rings (SSSR count). The molecule has 1 N–H and O–H groups in total. The van der Waals surface area contributed by atoms with Crippen LogP contribution in [-0.4, -0.2) is 25.2 Å². The molecule has 0 aliphatic carbocycles. The lowest BCUT2D eigenvalue weighted by Gasteiger charge is -2.16. The van der Waals surface area contributed by atoms with Crippen LogP contribution in [0.25, 0.3) is 16.7 Å². The Kier molecular flexibility index (Phi) is 6.17. The SMILES string of the molecule is Cc1nn(CC(=O)NC(C)c2cccc(-n3cccc3)c2)c2nc(C(F)F)cc(C(F)F)c12. The van der Waals surface area contributed by atoms with Crippen molar-refractivity contribution in [1.29, 1.82) is 0 Å². The van der Waals surface area contributed by atoms with Gasteiger partial charge in [0.25, 0.3) is 12.9 Å². The van der Waals surface area contributed by atoms with Crippen molar-refractivity contribution in [2.75, 3.05) is 0 Å². The Morgan fingerprint density at radius 3 is 2.45 bits per heavy atom. The number of aromatic nitrogens is 4. The first-order chi connectivity index (χ1) is 15.7. The van der Waals surface area contributed by atoms with Crippen LogP contribution in [0, 0.1) is 6.92 Å². The van der Waals surface area contributed by atoms with Crippen LogP contribution in [0.1, 0.15) is 48.3 Å². The zero-order valence-corrected chi connectivity index (χ0v) is 17.8. The summed E-state index contributed by atoms with van der Waals surface area (Å²) in [7, 11) is 0. The number of rotatable bonds is 7. The predicted molar refractivity (Wildman–Crippen MR) is 115 cm³/mol. The minimum Gasteiger partial charge on any atom is -0.348 e. The number of pyridine rings is 1. The van der Waals surface area contributed by atoms with Gasteiger partial charge in [-0.05, 0) is 49.7 Å². The summed E-state index contributed by atoms with van der Waals surface area (Å²) < 4.78 is 56.4. The third-order valence-corrected chi connectivity index (χ3v) is 5.33. The third kappa shape index (κ3) is 4.59. The second-order valence-electron chi connectivity index (χ2n) is 7.65. The van der Waals surface area contributed by atoms with Gasteiger partial charge in [0.1, 0.15) is 12.2 Å². The van der Waals surface area contributed by atoms with Crippen LogP contribution >= 0.6 is 0 Å². The van der Waals surface area contributed by atoms with Crippen molar-refractivity contribution in [3.63, 3.8) is 0 Å². The van der Waals surface area contributed by atoms with E-state index in [1.807, 2.05) is 53.4 Å². The summed E-state index contributed by atoms with van der Waals surface area (Å²) in [5.74, 6) is -0.457. The molecule has 1 atom stereocenters. The van der Waals surface area contributed by atoms with E-state index in [1.165, 1.54) is 6.92 Å². The van der Waals surface area contributed by atoms with Crippen molar-refractivity contribution < 1.29 is 22.4 Å². The van der Waals surface area contributed by atoms with Gasteiger partial charge >= 0.3 is 0 Å². The van der Waals surface area contributed by atoms with Crippen LogP contribution in [0.4, 0.5) is 17.6 Å². The number of carbonyl (C=O) groups is 1. The van der Waals surface area contributed by atoms with Crippen LogP contribution in [-0.2, 0) is 11.3 Å².